The maximum atomic E-state index is 10.9. The highest BCUT2D eigenvalue weighted by molar-refractivity contribution is 7.99. The van der Waals surface area contributed by atoms with Crippen LogP contribution in [-0.2, 0) is 9.53 Å². The third kappa shape index (κ3) is 4.75. The number of nitrogens with one attached hydrogen (secondary N) is 1. The van der Waals surface area contributed by atoms with E-state index in [1.54, 1.807) is 11.8 Å². The fraction of sp³-hybridized carbons (Fsp3) is 0.500. The van der Waals surface area contributed by atoms with Crippen LogP contribution in [0.4, 0.5) is 0 Å². The van der Waals surface area contributed by atoms with Gasteiger partial charge < -0.3 is 10.1 Å². The summed E-state index contributed by atoms with van der Waals surface area (Å²) in [6.45, 7) is 2.06. The molecule has 0 fully saturated rings. The second kappa shape index (κ2) is 7.29. The van der Waals surface area contributed by atoms with E-state index in [1.165, 1.54) is 7.11 Å². The van der Waals surface area contributed by atoms with Crippen molar-refractivity contribution in [3.8, 4) is 0 Å². The molecule has 0 radical (unpaired) electrons. The fourth-order valence-electron chi connectivity index (χ4n) is 1.24. The minimum Gasteiger partial charge on any atom is -0.469 e. The van der Waals surface area contributed by atoms with E-state index in [4.69, 9.17) is 0 Å². The van der Waals surface area contributed by atoms with E-state index in [1.807, 2.05) is 25.4 Å². The molecule has 0 aliphatic carbocycles. The first-order chi connectivity index (χ1) is 8.17. The van der Waals surface area contributed by atoms with Gasteiger partial charge in [0, 0.05) is 22.9 Å². The molecular formula is C12H18N2O2S. The summed E-state index contributed by atoms with van der Waals surface area (Å²) in [7, 11) is 3.31. The van der Waals surface area contributed by atoms with Crippen molar-refractivity contribution in [1.29, 1.82) is 0 Å². The molecule has 0 bridgehead atoms. The molecule has 1 aromatic heterocycles. The van der Waals surface area contributed by atoms with E-state index in [9.17, 15) is 4.79 Å². The molecule has 0 saturated heterocycles. The van der Waals surface area contributed by atoms with E-state index in [-0.39, 0.29) is 12.0 Å². The molecule has 1 aromatic rings. The third-order valence-electron chi connectivity index (χ3n) is 2.44. The highest BCUT2D eigenvalue weighted by atomic mass is 32.2. The van der Waals surface area contributed by atoms with Crippen LogP contribution in [0, 0.1) is 0 Å². The molecule has 1 unspecified atom stereocenters. The maximum absolute atomic E-state index is 10.9. The monoisotopic (exact) mass is 254 g/mol. The van der Waals surface area contributed by atoms with Crippen LogP contribution < -0.4 is 5.32 Å². The molecule has 0 spiro atoms. The molecular weight excluding hydrogens is 236 g/mol. The second-order valence-corrected chi connectivity index (χ2v) is 4.77. The van der Waals surface area contributed by atoms with Gasteiger partial charge in [-0.2, -0.15) is 0 Å². The highest BCUT2D eigenvalue weighted by Crippen LogP contribution is 2.19. The Hall–Kier alpha value is -1.07. The van der Waals surface area contributed by atoms with E-state index in [0.29, 0.717) is 6.42 Å². The van der Waals surface area contributed by atoms with Gasteiger partial charge in [0.25, 0.3) is 0 Å². The number of nitrogens with zero attached hydrogens (tertiary/aromatic N) is 1. The number of hydrogen-bond donors (Lipinski definition) is 1. The van der Waals surface area contributed by atoms with Gasteiger partial charge in [0.2, 0.25) is 0 Å². The van der Waals surface area contributed by atoms with Crippen LogP contribution >= 0.6 is 11.8 Å². The predicted molar refractivity (Wildman–Crippen MR) is 69.1 cm³/mol. The highest BCUT2D eigenvalue weighted by Gasteiger charge is 2.04. The Bertz CT molecular complexity index is 354. The molecule has 1 N–H and O–H groups in total. The zero-order chi connectivity index (χ0) is 12.7. The van der Waals surface area contributed by atoms with Crippen LogP contribution in [0.1, 0.15) is 25.1 Å². The lowest BCUT2D eigenvalue weighted by atomic mass is 10.2. The number of rotatable bonds is 6. The molecule has 0 aliphatic rings. The molecule has 1 rings (SSSR count). The minimum absolute atomic E-state index is 0.175. The van der Waals surface area contributed by atoms with Crippen LogP contribution in [0.3, 0.4) is 0 Å². The Balaban J connectivity index is 2.43. The molecule has 94 valence electrons. The van der Waals surface area contributed by atoms with Crippen LogP contribution in [0.15, 0.2) is 23.2 Å². The first kappa shape index (κ1) is 14.0. The van der Waals surface area contributed by atoms with Crippen LogP contribution in [0.25, 0.3) is 0 Å². The van der Waals surface area contributed by atoms with Crippen molar-refractivity contribution in [2.75, 3.05) is 19.9 Å². The second-order valence-electron chi connectivity index (χ2n) is 3.60. The number of methoxy groups -OCH3 is 1. The molecule has 4 nitrogen and oxygen atoms in total. The van der Waals surface area contributed by atoms with Crippen LogP contribution in [0.5, 0.6) is 0 Å². The zero-order valence-electron chi connectivity index (χ0n) is 10.4. The molecule has 0 amide bonds. The molecule has 0 aromatic carbocycles. The van der Waals surface area contributed by atoms with Crippen molar-refractivity contribution in [1.82, 2.24) is 10.3 Å². The summed E-state index contributed by atoms with van der Waals surface area (Å²) in [6.07, 6.45) is 2.26. The van der Waals surface area contributed by atoms with E-state index < -0.39 is 0 Å². The van der Waals surface area contributed by atoms with Gasteiger partial charge in [-0.05, 0) is 26.1 Å². The number of hydrogen-bond acceptors (Lipinski definition) is 5. The van der Waals surface area contributed by atoms with Crippen molar-refractivity contribution in [3.63, 3.8) is 0 Å². The summed E-state index contributed by atoms with van der Waals surface area (Å²) in [5, 5.41) is 3.14. The van der Waals surface area contributed by atoms with E-state index in [0.717, 1.165) is 16.3 Å². The average molecular weight is 254 g/mol. The third-order valence-corrected chi connectivity index (χ3v) is 3.42. The van der Waals surface area contributed by atoms with E-state index >= 15 is 0 Å². The minimum atomic E-state index is -0.175. The van der Waals surface area contributed by atoms with Gasteiger partial charge in [0.15, 0.2) is 0 Å². The van der Waals surface area contributed by atoms with Crippen molar-refractivity contribution in [2.24, 2.45) is 0 Å². The summed E-state index contributed by atoms with van der Waals surface area (Å²) in [4.78, 5) is 16.4. The molecule has 0 aliphatic heterocycles. The lowest BCUT2D eigenvalue weighted by Crippen LogP contribution is -2.13. The first-order valence-electron chi connectivity index (χ1n) is 5.50. The lowest BCUT2D eigenvalue weighted by Gasteiger charge is -2.09. The van der Waals surface area contributed by atoms with Crippen molar-refractivity contribution in [3.05, 3.63) is 24.0 Å². The summed E-state index contributed by atoms with van der Waals surface area (Å²) in [6, 6.07) is 4.28. The van der Waals surface area contributed by atoms with Crippen molar-refractivity contribution in [2.45, 2.75) is 24.3 Å². The number of esters is 1. The largest absolute Gasteiger partial charge is 0.469 e. The number of aromatic nitrogens is 1. The van der Waals surface area contributed by atoms with Gasteiger partial charge in [-0.1, -0.05) is 0 Å². The van der Waals surface area contributed by atoms with E-state index in [2.05, 4.69) is 22.0 Å². The zero-order valence-corrected chi connectivity index (χ0v) is 11.2. The van der Waals surface area contributed by atoms with Crippen LogP contribution in [-0.4, -0.2) is 30.9 Å². The molecule has 17 heavy (non-hydrogen) atoms. The number of ether oxygens (including phenoxy) is 1. The normalized spacial score (nSPS) is 12.2. The summed E-state index contributed by atoms with van der Waals surface area (Å²) >= 11 is 1.61. The quantitative estimate of drug-likeness (QED) is 0.621. The topological polar surface area (TPSA) is 51.2 Å². The lowest BCUT2D eigenvalue weighted by molar-refractivity contribution is -0.140. The average Bonchev–Trinajstić information content (AvgIpc) is 2.38. The van der Waals surface area contributed by atoms with Gasteiger partial charge >= 0.3 is 5.97 Å². The summed E-state index contributed by atoms with van der Waals surface area (Å²) in [5.74, 6) is 0.542. The number of carbonyl (C=O) groups is 1. The predicted octanol–water partition coefficient (Wildman–Crippen LogP) is 2.02. The van der Waals surface area contributed by atoms with Gasteiger partial charge in [0.05, 0.1) is 19.2 Å². The Morgan fingerprint density at radius 2 is 2.35 bits per heavy atom. The standard InChI is InChI=1S/C12H18N2O2S/c1-9(13-2)11-5-4-10(8-14-11)17-7-6-12(15)16-3/h4-5,8-9,13H,6-7H2,1-3H3. The SMILES string of the molecule is CNC(C)c1ccc(SCCC(=O)OC)cn1. The first-order valence-corrected chi connectivity index (χ1v) is 6.48. The molecule has 1 heterocycles. The van der Waals surface area contributed by atoms with Gasteiger partial charge in [-0.25, -0.2) is 0 Å². The number of pyridine rings is 1. The van der Waals surface area contributed by atoms with Gasteiger partial charge in [-0.15, -0.1) is 11.8 Å². The Labute approximate surface area is 106 Å². The van der Waals surface area contributed by atoms with Gasteiger partial charge in [-0.3, -0.25) is 9.78 Å². The molecule has 1 atom stereocenters. The Morgan fingerprint density at radius 3 is 2.88 bits per heavy atom. The maximum Gasteiger partial charge on any atom is 0.306 e. The Kier molecular flexibility index (Phi) is 6.00. The van der Waals surface area contributed by atoms with Gasteiger partial charge in [0.1, 0.15) is 0 Å². The smallest absolute Gasteiger partial charge is 0.306 e. The summed E-state index contributed by atoms with van der Waals surface area (Å²) in [5.41, 5.74) is 1.02. The summed E-state index contributed by atoms with van der Waals surface area (Å²) < 4.78 is 4.58. The van der Waals surface area contributed by atoms with Crippen molar-refractivity contribution < 1.29 is 9.53 Å². The number of thioether (sulfide) groups is 1. The Morgan fingerprint density at radius 1 is 1.59 bits per heavy atom. The molecule has 5 heteroatoms. The molecule has 0 saturated carbocycles. The van der Waals surface area contributed by atoms with Crippen LogP contribution in [0.2, 0.25) is 0 Å². The fourth-order valence-corrected chi connectivity index (χ4v) is 2.03. The number of carbonyl (C=O) groups excluding carboxylic acids is 1. The van der Waals surface area contributed by atoms with Crippen molar-refractivity contribution >= 4 is 17.7 Å².